The lowest BCUT2D eigenvalue weighted by Crippen LogP contribution is -2.32. The first-order valence-corrected chi connectivity index (χ1v) is 9.80. The topological polar surface area (TPSA) is 76.0 Å². The molecule has 2 amide bonds. The van der Waals surface area contributed by atoms with Gasteiger partial charge in [0.05, 0.1) is 34.4 Å². The summed E-state index contributed by atoms with van der Waals surface area (Å²) < 4.78 is 1.67. The average Bonchev–Trinajstić information content (AvgIpc) is 3.10. The Morgan fingerprint density at radius 3 is 2.45 bits per heavy atom. The van der Waals surface area contributed by atoms with Crippen molar-refractivity contribution < 1.29 is 9.59 Å². The molecule has 0 saturated carbocycles. The van der Waals surface area contributed by atoms with E-state index in [1.807, 2.05) is 32.9 Å². The molecular weight excluding hydrogens is 388 g/mol. The molecule has 0 spiro atoms. The van der Waals surface area contributed by atoms with Crippen LogP contribution in [0, 0.1) is 6.92 Å². The van der Waals surface area contributed by atoms with Crippen molar-refractivity contribution in [2.45, 2.75) is 33.2 Å². The van der Waals surface area contributed by atoms with Crippen LogP contribution in [0.2, 0.25) is 5.02 Å². The number of halogens is 1. The molecule has 3 aromatic rings. The summed E-state index contributed by atoms with van der Waals surface area (Å²) in [6.07, 6.45) is 2.34. The van der Waals surface area contributed by atoms with Gasteiger partial charge >= 0.3 is 0 Å². The number of benzene rings is 2. The number of carbonyl (C=O) groups is 2. The Morgan fingerprint density at radius 2 is 1.76 bits per heavy atom. The molecule has 1 unspecified atom stereocenters. The van der Waals surface area contributed by atoms with Crippen LogP contribution >= 0.6 is 11.6 Å². The van der Waals surface area contributed by atoms with Crippen LogP contribution in [0.4, 0.5) is 5.69 Å². The molecule has 0 aliphatic heterocycles. The smallest absolute Gasteiger partial charge is 0.259 e. The Morgan fingerprint density at radius 1 is 1.07 bits per heavy atom. The summed E-state index contributed by atoms with van der Waals surface area (Å²) in [5, 5.41) is 10.7. The highest BCUT2D eigenvalue weighted by atomic mass is 35.5. The minimum Gasteiger partial charge on any atom is -0.350 e. The zero-order valence-corrected chi connectivity index (χ0v) is 17.3. The lowest BCUT2D eigenvalue weighted by Gasteiger charge is -2.14. The molecule has 1 aromatic heterocycles. The van der Waals surface area contributed by atoms with Gasteiger partial charge in [-0.1, -0.05) is 30.7 Å². The van der Waals surface area contributed by atoms with Gasteiger partial charge < -0.3 is 10.6 Å². The van der Waals surface area contributed by atoms with E-state index in [4.69, 9.17) is 11.6 Å². The number of aromatic nitrogens is 2. The summed E-state index contributed by atoms with van der Waals surface area (Å²) in [5.41, 5.74) is 2.79. The van der Waals surface area contributed by atoms with Gasteiger partial charge in [-0.3, -0.25) is 9.59 Å². The Labute approximate surface area is 174 Å². The molecule has 2 aromatic carbocycles. The molecule has 0 aliphatic rings. The van der Waals surface area contributed by atoms with E-state index in [1.54, 1.807) is 41.1 Å². The van der Waals surface area contributed by atoms with Gasteiger partial charge in [-0.2, -0.15) is 5.10 Å². The zero-order valence-electron chi connectivity index (χ0n) is 16.6. The van der Waals surface area contributed by atoms with Crippen LogP contribution in [-0.4, -0.2) is 27.6 Å². The Bertz CT molecular complexity index is 1030. The number of rotatable bonds is 6. The second-order valence-electron chi connectivity index (χ2n) is 6.81. The lowest BCUT2D eigenvalue weighted by molar-refractivity contribution is 0.0940. The molecule has 0 fully saturated rings. The molecule has 150 valence electrons. The number of nitrogens with one attached hydrogen (secondary N) is 2. The Balaban J connectivity index is 1.83. The second-order valence-corrected chi connectivity index (χ2v) is 7.25. The van der Waals surface area contributed by atoms with Crippen LogP contribution in [0.15, 0.2) is 54.7 Å². The third-order valence-electron chi connectivity index (χ3n) is 4.74. The molecule has 29 heavy (non-hydrogen) atoms. The average molecular weight is 411 g/mol. The van der Waals surface area contributed by atoms with Gasteiger partial charge in [0.15, 0.2) is 0 Å². The van der Waals surface area contributed by atoms with E-state index in [1.165, 1.54) is 6.20 Å². The van der Waals surface area contributed by atoms with E-state index in [2.05, 4.69) is 15.7 Å². The number of carbonyl (C=O) groups excluding carboxylic acids is 2. The molecule has 0 saturated heterocycles. The fraction of sp³-hybridized carbons (Fsp3) is 0.227. The highest BCUT2D eigenvalue weighted by molar-refractivity contribution is 6.30. The van der Waals surface area contributed by atoms with Gasteiger partial charge in [0.25, 0.3) is 11.8 Å². The van der Waals surface area contributed by atoms with Gasteiger partial charge in [0.1, 0.15) is 0 Å². The van der Waals surface area contributed by atoms with Crippen molar-refractivity contribution in [2.75, 3.05) is 5.32 Å². The van der Waals surface area contributed by atoms with Crippen molar-refractivity contribution in [1.82, 2.24) is 15.1 Å². The molecule has 1 heterocycles. The van der Waals surface area contributed by atoms with Gasteiger partial charge in [-0.15, -0.1) is 0 Å². The van der Waals surface area contributed by atoms with E-state index in [-0.39, 0.29) is 17.9 Å². The fourth-order valence-corrected chi connectivity index (χ4v) is 2.98. The van der Waals surface area contributed by atoms with Crippen LogP contribution in [0.5, 0.6) is 0 Å². The van der Waals surface area contributed by atoms with Crippen molar-refractivity contribution >= 4 is 29.1 Å². The fourth-order valence-electron chi connectivity index (χ4n) is 2.86. The Kier molecular flexibility index (Phi) is 6.34. The van der Waals surface area contributed by atoms with Gasteiger partial charge in [0.2, 0.25) is 0 Å². The molecule has 0 aliphatic carbocycles. The van der Waals surface area contributed by atoms with Crippen molar-refractivity contribution in [3.63, 3.8) is 0 Å². The molecule has 7 heteroatoms. The molecule has 3 rings (SSSR count). The van der Waals surface area contributed by atoms with E-state index in [9.17, 15) is 9.59 Å². The quantitative estimate of drug-likeness (QED) is 0.622. The molecule has 0 radical (unpaired) electrons. The number of anilines is 1. The third kappa shape index (κ3) is 4.66. The number of nitrogens with zero attached hydrogens (tertiary/aromatic N) is 2. The highest BCUT2D eigenvalue weighted by Crippen LogP contribution is 2.20. The summed E-state index contributed by atoms with van der Waals surface area (Å²) in [4.78, 5) is 25.4. The lowest BCUT2D eigenvalue weighted by atomic mass is 10.1. The van der Waals surface area contributed by atoms with E-state index >= 15 is 0 Å². The molecule has 6 nitrogen and oxygen atoms in total. The normalized spacial score (nSPS) is 11.7. The summed E-state index contributed by atoms with van der Waals surface area (Å²) >= 11 is 5.94. The van der Waals surface area contributed by atoms with Crippen LogP contribution in [0.1, 0.15) is 46.7 Å². The van der Waals surface area contributed by atoms with Crippen LogP contribution in [-0.2, 0) is 0 Å². The largest absolute Gasteiger partial charge is 0.350 e. The van der Waals surface area contributed by atoms with Gasteiger partial charge in [0, 0.05) is 11.1 Å². The van der Waals surface area contributed by atoms with Gasteiger partial charge in [-0.05, 0) is 56.7 Å². The summed E-state index contributed by atoms with van der Waals surface area (Å²) in [6.45, 7) is 5.76. The number of para-hydroxylation sites is 1. The van der Waals surface area contributed by atoms with Crippen LogP contribution in [0.3, 0.4) is 0 Å². The summed E-state index contributed by atoms with van der Waals surface area (Å²) in [7, 11) is 0. The minimum atomic E-state index is -0.327. The third-order valence-corrected chi connectivity index (χ3v) is 4.99. The summed E-state index contributed by atoms with van der Waals surface area (Å²) in [6, 6.07) is 14.2. The molecule has 1 atom stereocenters. The van der Waals surface area contributed by atoms with Crippen molar-refractivity contribution in [3.05, 3.63) is 76.6 Å². The summed E-state index contributed by atoms with van der Waals surface area (Å²) in [5.74, 6) is -0.546. The maximum atomic E-state index is 12.9. The van der Waals surface area contributed by atoms with Crippen molar-refractivity contribution in [2.24, 2.45) is 0 Å². The predicted molar refractivity (Wildman–Crippen MR) is 115 cm³/mol. The molecule has 0 bridgehead atoms. The SMILES string of the molecule is CCC(C)NC(=O)c1ccccc1NC(=O)c1cnn(-c2ccc(Cl)cc2)c1C. The number of hydrogen-bond donors (Lipinski definition) is 2. The number of amides is 2. The van der Waals surface area contributed by atoms with Crippen LogP contribution in [0.25, 0.3) is 5.69 Å². The number of hydrogen-bond acceptors (Lipinski definition) is 3. The first-order valence-electron chi connectivity index (χ1n) is 9.42. The van der Waals surface area contributed by atoms with Crippen molar-refractivity contribution in [1.29, 1.82) is 0 Å². The molecular formula is C22H23ClN4O2. The van der Waals surface area contributed by atoms with E-state index in [0.717, 1.165) is 12.1 Å². The Hall–Kier alpha value is -3.12. The minimum absolute atomic E-state index is 0.0473. The van der Waals surface area contributed by atoms with E-state index < -0.39 is 0 Å². The van der Waals surface area contributed by atoms with Crippen molar-refractivity contribution in [3.8, 4) is 5.69 Å². The predicted octanol–water partition coefficient (Wildman–Crippen LogP) is 4.61. The standard InChI is InChI=1S/C22H23ClN4O2/c1-4-14(2)25-21(28)18-7-5-6-8-20(18)26-22(29)19-13-24-27(15(19)3)17-11-9-16(23)10-12-17/h5-14H,4H2,1-3H3,(H,25,28)(H,26,29). The highest BCUT2D eigenvalue weighted by Gasteiger charge is 2.19. The van der Waals surface area contributed by atoms with Crippen LogP contribution < -0.4 is 10.6 Å². The van der Waals surface area contributed by atoms with Gasteiger partial charge in [-0.25, -0.2) is 4.68 Å². The maximum absolute atomic E-state index is 12.9. The maximum Gasteiger partial charge on any atom is 0.259 e. The van der Waals surface area contributed by atoms with E-state index in [0.29, 0.717) is 27.5 Å². The first-order chi connectivity index (χ1) is 13.9. The monoisotopic (exact) mass is 410 g/mol. The molecule has 2 N–H and O–H groups in total. The first kappa shape index (κ1) is 20.6. The second kappa shape index (κ2) is 8.92. The zero-order chi connectivity index (χ0) is 21.0.